The van der Waals surface area contributed by atoms with Gasteiger partial charge in [0.25, 0.3) is 5.91 Å². The molecule has 11 heteroatoms. The molecule has 0 bridgehead atoms. The van der Waals surface area contributed by atoms with Gasteiger partial charge in [-0.15, -0.1) is 0 Å². The summed E-state index contributed by atoms with van der Waals surface area (Å²) in [5.41, 5.74) is 4.63. The predicted octanol–water partition coefficient (Wildman–Crippen LogP) is 5.72. The van der Waals surface area contributed by atoms with Gasteiger partial charge in [-0.1, -0.05) is 36.2 Å². The number of aryl methyl sites for hydroxylation is 1. The Kier molecular flexibility index (Phi) is 8.47. The van der Waals surface area contributed by atoms with Crippen molar-refractivity contribution >= 4 is 40.6 Å². The Morgan fingerprint density at radius 1 is 0.950 bits per heavy atom. The standard InChI is InChI=1S/C29H33ClN8O2/c1-20-27(21(2)37(35-20)16-15-36-13-6-3-7-14-36)34-28(39)22-9-8-10-24(17-22)38-19-23(18-31-38)32-29(40)33-26-12-5-4-11-25(26)30/h4-5,8-12,17-19H,3,6-7,13-16H2,1-2H3,(H,34,39)(H2,32,33,40). The summed E-state index contributed by atoms with van der Waals surface area (Å²) in [6, 6.07) is 13.7. The number of carbonyl (C=O) groups is 2. The third-order valence-corrected chi connectivity index (χ3v) is 7.36. The average Bonchev–Trinajstić information content (AvgIpc) is 3.53. The summed E-state index contributed by atoms with van der Waals surface area (Å²) in [7, 11) is 0. The Bertz CT molecular complexity index is 1510. The molecular weight excluding hydrogens is 528 g/mol. The van der Waals surface area contributed by atoms with E-state index in [9.17, 15) is 9.59 Å². The second kappa shape index (κ2) is 12.4. The molecule has 1 saturated heterocycles. The van der Waals surface area contributed by atoms with Gasteiger partial charge in [-0.2, -0.15) is 10.2 Å². The van der Waals surface area contributed by atoms with Crippen molar-refractivity contribution in [2.24, 2.45) is 0 Å². The van der Waals surface area contributed by atoms with Crippen molar-refractivity contribution in [1.29, 1.82) is 0 Å². The molecule has 1 aliphatic heterocycles. The number of nitrogens with zero attached hydrogens (tertiary/aromatic N) is 5. The Labute approximate surface area is 238 Å². The molecule has 1 aliphatic rings. The monoisotopic (exact) mass is 560 g/mol. The first-order valence-electron chi connectivity index (χ1n) is 13.4. The third kappa shape index (κ3) is 6.52. The number of benzene rings is 2. The molecule has 10 nitrogen and oxygen atoms in total. The smallest absolute Gasteiger partial charge is 0.319 e. The van der Waals surface area contributed by atoms with Crippen LogP contribution in [0.25, 0.3) is 5.69 Å². The predicted molar refractivity (Wildman–Crippen MR) is 158 cm³/mol. The fraction of sp³-hybridized carbons (Fsp3) is 0.310. The first-order chi connectivity index (χ1) is 19.4. The van der Waals surface area contributed by atoms with E-state index in [1.807, 2.05) is 24.6 Å². The molecular formula is C29H33ClN8O2. The molecule has 3 N–H and O–H groups in total. The van der Waals surface area contributed by atoms with Crippen molar-refractivity contribution in [2.75, 3.05) is 35.6 Å². The molecule has 0 atom stereocenters. The van der Waals surface area contributed by atoms with Gasteiger partial charge in [-0.05, 0) is 70.1 Å². The number of urea groups is 1. The molecule has 1 fully saturated rings. The number of para-hydroxylation sites is 1. The minimum atomic E-state index is -0.442. The van der Waals surface area contributed by atoms with Gasteiger partial charge in [0.05, 0.1) is 58.1 Å². The van der Waals surface area contributed by atoms with Crippen molar-refractivity contribution in [2.45, 2.75) is 39.7 Å². The summed E-state index contributed by atoms with van der Waals surface area (Å²) in [5.74, 6) is -0.228. The zero-order valence-corrected chi connectivity index (χ0v) is 23.4. The van der Waals surface area contributed by atoms with Crippen LogP contribution in [0.2, 0.25) is 5.02 Å². The van der Waals surface area contributed by atoms with Gasteiger partial charge in [-0.3, -0.25) is 9.48 Å². The Balaban J connectivity index is 1.22. The highest BCUT2D eigenvalue weighted by Gasteiger charge is 2.17. The first-order valence-corrected chi connectivity index (χ1v) is 13.8. The molecule has 4 aromatic rings. The zero-order valence-electron chi connectivity index (χ0n) is 22.7. The van der Waals surface area contributed by atoms with Gasteiger partial charge >= 0.3 is 6.03 Å². The molecule has 0 aliphatic carbocycles. The van der Waals surface area contributed by atoms with Gasteiger partial charge in [-0.25, -0.2) is 9.48 Å². The lowest BCUT2D eigenvalue weighted by molar-refractivity contribution is 0.102. The maximum absolute atomic E-state index is 13.2. The summed E-state index contributed by atoms with van der Waals surface area (Å²) < 4.78 is 3.58. The van der Waals surface area contributed by atoms with Crippen molar-refractivity contribution < 1.29 is 9.59 Å². The highest BCUT2D eigenvalue weighted by Crippen LogP contribution is 2.23. The Morgan fingerprint density at radius 3 is 2.55 bits per heavy atom. The fourth-order valence-electron chi connectivity index (χ4n) is 4.87. The minimum Gasteiger partial charge on any atom is -0.319 e. The van der Waals surface area contributed by atoms with E-state index in [1.54, 1.807) is 53.3 Å². The van der Waals surface area contributed by atoms with Crippen LogP contribution in [0, 0.1) is 13.8 Å². The van der Waals surface area contributed by atoms with Crippen LogP contribution < -0.4 is 16.0 Å². The van der Waals surface area contributed by atoms with E-state index < -0.39 is 6.03 Å². The van der Waals surface area contributed by atoms with Crippen LogP contribution in [0.4, 0.5) is 21.9 Å². The zero-order chi connectivity index (χ0) is 28.1. The SMILES string of the molecule is Cc1nn(CCN2CCCCC2)c(C)c1NC(=O)c1cccc(-n2cc(NC(=O)Nc3ccccc3Cl)cn2)c1. The highest BCUT2D eigenvalue weighted by atomic mass is 35.5. The van der Waals surface area contributed by atoms with E-state index in [2.05, 4.69) is 31.0 Å². The van der Waals surface area contributed by atoms with Crippen molar-refractivity contribution in [3.8, 4) is 5.69 Å². The lowest BCUT2D eigenvalue weighted by Gasteiger charge is -2.26. The second-order valence-electron chi connectivity index (χ2n) is 9.91. The first kappa shape index (κ1) is 27.4. The van der Waals surface area contributed by atoms with Gasteiger partial charge in [0.2, 0.25) is 0 Å². The number of halogens is 1. The topological polar surface area (TPSA) is 109 Å². The van der Waals surface area contributed by atoms with Crippen molar-refractivity contribution in [3.05, 3.63) is 82.9 Å². The highest BCUT2D eigenvalue weighted by molar-refractivity contribution is 6.33. The number of hydrogen-bond acceptors (Lipinski definition) is 5. The number of nitrogens with one attached hydrogen (secondary N) is 3. The number of carbonyl (C=O) groups excluding carboxylic acids is 2. The van der Waals surface area contributed by atoms with Crippen LogP contribution in [0.1, 0.15) is 41.0 Å². The van der Waals surface area contributed by atoms with E-state index in [-0.39, 0.29) is 5.91 Å². The maximum Gasteiger partial charge on any atom is 0.323 e. The average molecular weight is 561 g/mol. The number of likely N-dealkylation sites (tertiary alicyclic amines) is 1. The number of rotatable bonds is 8. The van der Waals surface area contributed by atoms with E-state index in [4.69, 9.17) is 11.6 Å². The number of aromatic nitrogens is 4. The molecule has 0 spiro atoms. The van der Waals surface area contributed by atoms with Crippen LogP contribution in [0.3, 0.4) is 0 Å². The molecule has 0 saturated carbocycles. The lowest BCUT2D eigenvalue weighted by Crippen LogP contribution is -2.32. The number of amides is 3. The number of anilines is 3. The lowest BCUT2D eigenvalue weighted by atomic mass is 10.1. The molecule has 2 aromatic carbocycles. The maximum atomic E-state index is 13.2. The van der Waals surface area contributed by atoms with E-state index >= 15 is 0 Å². The second-order valence-corrected chi connectivity index (χ2v) is 10.3. The summed E-state index contributed by atoms with van der Waals surface area (Å²) in [6.07, 6.45) is 7.03. The summed E-state index contributed by atoms with van der Waals surface area (Å²) >= 11 is 6.11. The van der Waals surface area contributed by atoms with Crippen LogP contribution >= 0.6 is 11.6 Å². The molecule has 3 amide bonds. The normalized spacial score (nSPS) is 13.7. The minimum absolute atomic E-state index is 0.228. The summed E-state index contributed by atoms with van der Waals surface area (Å²) in [4.78, 5) is 28.1. The quantitative estimate of drug-likeness (QED) is 0.255. The van der Waals surface area contributed by atoms with Crippen LogP contribution in [0.15, 0.2) is 60.9 Å². The molecule has 0 unspecified atom stereocenters. The third-order valence-electron chi connectivity index (χ3n) is 7.03. The molecule has 0 radical (unpaired) electrons. The van der Waals surface area contributed by atoms with Crippen LogP contribution in [-0.4, -0.2) is 56.0 Å². The largest absolute Gasteiger partial charge is 0.323 e. The van der Waals surface area contributed by atoms with Gasteiger partial charge in [0.1, 0.15) is 0 Å². The van der Waals surface area contributed by atoms with Crippen LogP contribution in [0.5, 0.6) is 0 Å². The Morgan fingerprint density at radius 2 is 1.75 bits per heavy atom. The van der Waals surface area contributed by atoms with Crippen LogP contribution in [-0.2, 0) is 6.54 Å². The molecule has 3 heterocycles. The van der Waals surface area contributed by atoms with E-state index in [0.29, 0.717) is 27.6 Å². The van der Waals surface area contributed by atoms with Crippen molar-refractivity contribution in [1.82, 2.24) is 24.5 Å². The van der Waals surface area contributed by atoms with Gasteiger partial charge < -0.3 is 20.9 Å². The fourth-order valence-corrected chi connectivity index (χ4v) is 5.05. The molecule has 208 valence electrons. The number of piperidine rings is 1. The molecule has 40 heavy (non-hydrogen) atoms. The summed E-state index contributed by atoms with van der Waals surface area (Å²) in [6.45, 7) is 7.94. The van der Waals surface area contributed by atoms with Gasteiger partial charge in [0, 0.05) is 12.1 Å². The van der Waals surface area contributed by atoms with E-state index in [1.165, 1.54) is 25.5 Å². The van der Waals surface area contributed by atoms with Gasteiger partial charge in [0.15, 0.2) is 0 Å². The Hall–Kier alpha value is -4.15. The number of hydrogen-bond donors (Lipinski definition) is 3. The molecule has 2 aromatic heterocycles. The van der Waals surface area contributed by atoms with E-state index in [0.717, 1.165) is 43.3 Å². The molecule has 5 rings (SSSR count). The van der Waals surface area contributed by atoms with Crippen molar-refractivity contribution in [3.63, 3.8) is 0 Å². The summed E-state index contributed by atoms with van der Waals surface area (Å²) in [5, 5.41) is 18.0.